The van der Waals surface area contributed by atoms with Gasteiger partial charge < -0.3 is 10.0 Å². The topological polar surface area (TPSA) is 83.7 Å². The Morgan fingerprint density at radius 3 is 2.83 bits per heavy atom. The van der Waals surface area contributed by atoms with Crippen LogP contribution < -0.4 is 4.90 Å². The standard InChI is InChI=1S/C11H11ClN2O4/c12-8-6-7(14(17)18)3-4-9(8)13-5-1-2-10(13)11(15)16/h3-4,6,10H,1-2,5H2,(H,15,16)/t10-/m0/s1. The van der Waals surface area contributed by atoms with Crippen LogP contribution in [0.2, 0.25) is 5.02 Å². The molecule has 1 saturated heterocycles. The number of nitrogens with zero attached hydrogens (tertiary/aromatic N) is 2. The Kier molecular flexibility index (Phi) is 3.38. The summed E-state index contributed by atoms with van der Waals surface area (Å²) >= 11 is 5.98. The number of hydrogen-bond donors (Lipinski definition) is 1. The lowest BCUT2D eigenvalue weighted by molar-refractivity contribution is -0.384. The van der Waals surface area contributed by atoms with Gasteiger partial charge in [0.1, 0.15) is 6.04 Å². The molecule has 0 saturated carbocycles. The van der Waals surface area contributed by atoms with Crippen LogP contribution >= 0.6 is 11.6 Å². The van der Waals surface area contributed by atoms with Gasteiger partial charge in [0.25, 0.3) is 5.69 Å². The molecule has 6 nitrogen and oxygen atoms in total. The van der Waals surface area contributed by atoms with Crippen LogP contribution in [-0.2, 0) is 4.79 Å². The summed E-state index contributed by atoms with van der Waals surface area (Å²) in [5.41, 5.74) is 0.432. The Bertz CT molecular complexity index is 506. The third kappa shape index (κ3) is 2.24. The fourth-order valence-electron chi connectivity index (χ4n) is 2.15. The number of halogens is 1. The number of non-ortho nitro benzene ring substituents is 1. The van der Waals surface area contributed by atoms with E-state index in [1.807, 2.05) is 0 Å². The van der Waals surface area contributed by atoms with E-state index in [0.717, 1.165) is 6.42 Å². The summed E-state index contributed by atoms with van der Waals surface area (Å²) in [6, 6.07) is 3.47. The highest BCUT2D eigenvalue weighted by molar-refractivity contribution is 6.33. The monoisotopic (exact) mass is 270 g/mol. The molecule has 0 spiro atoms. The molecule has 0 bridgehead atoms. The number of nitro groups is 1. The van der Waals surface area contributed by atoms with Crippen LogP contribution in [0, 0.1) is 10.1 Å². The summed E-state index contributed by atoms with van der Waals surface area (Å²) in [6.07, 6.45) is 1.33. The van der Waals surface area contributed by atoms with E-state index in [0.29, 0.717) is 18.7 Å². The van der Waals surface area contributed by atoms with Crippen LogP contribution in [0.15, 0.2) is 18.2 Å². The molecule has 0 unspecified atom stereocenters. The minimum Gasteiger partial charge on any atom is -0.480 e. The van der Waals surface area contributed by atoms with Crippen molar-refractivity contribution in [1.82, 2.24) is 0 Å². The Labute approximate surface area is 108 Å². The summed E-state index contributed by atoms with van der Waals surface area (Å²) in [6.45, 7) is 0.592. The van der Waals surface area contributed by atoms with Crippen molar-refractivity contribution in [1.29, 1.82) is 0 Å². The quantitative estimate of drug-likeness (QED) is 0.673. The van der Waals surface area contributed by atoms with Crippen molar-refractivity contribution >= 4 is 28.9 Å². The van der Waals surface area contributed by atoms with Gasteiger partial charge in [0.15, 0.2) is 0 Å². The van der Waals surface area contributed by atoms with Gasteiger partial charge in [-0.25, -0.2) is 4.79 Å². The molecule has 18 heavy (non-hydrogen) atoms. The van der Waals surface area contributed by atoms with E-state index in [2.05, 4.69) is 0 Å². The number of aliphatic carboxylic acids is 1. The van der Waals surface area contributed by atoms with Crippen molar-refractivity contribution in [3.63, 3.8) is 0 Å². The highest BCUT2D eigenvalue weighted by Gasteiger charge is 2.32. The predicted octanol–water partition coefficient (Wildman–Crippen LogP) is 2.30. The molecular weight excluding hydrogens is 260 g/mol. The van der Waals surface area contributed by atoms with E-state index in [9.17, 15) is 14.9 Å². The SMILES string of the molecule is O=C(O)[C@@H]1CCCN1c1ccc([N+](=O)[O-])cc1Cl. The molecule has 1 aliphatic heterocycles. The predicted molar refractivity (Wildman–Crippen MR) is 66.1 cm³/mol. The lowest BCUT2D eigenvalue weighted by Gasteiger charge is -2.24. The minimum atomic E-state index is -0.901. The fourth-order valence-corrected chi connectivity index (χ4v) is 2.44. The largest absolute Gasteiger partial charge is 0.480 e. The van der Waals surface area contributed by atoms with Crippen LogP contribution in [0.3, 0.4) is 0 Å². The fraction of sp³-hybridized carbons (Fsp3) is 0.364. The molecule has 0 aromatic heterocycles. The van der Waals surface area contributed by atoms with Gasteiger partial charge in [-0.1, -0.05) is 11.6 Å². The first-order chi connectivity index (χ1) is 8.50. The lowest BCUT2D eigenvalue weighted by Crippen LogP contribution is -2.36. The van der Waals surface area contributed by atoms with Gasteiger partial charge in [0.2, 0.25) is 0 Å². The summed E-state index contributed by atoms with van der Waals surface area (Å²) in [4.78, 5) is 22.8. The molecule has 96 valence electrons. The molecule has 7 heteroatoms. The molecule has 1 aromatic rings. The maximum atomic E-state index is 11.1. The van der Waals surface area contributed by atoms with Crippen LogP contribution in [0.4, 0.5) is 11.4 Å². The molecular formula is C11H11ClN2O4. The molecule has 1 atom stereocenters. The second-order valence-electron chi connectivity index (χ2n) is 4.08. The van der Waals surface area contributed by atoms with E-state index in [1.165, 1.54) is 18.2 Å². The van der Waals surface area contributed by atoms with Gasteiger partial charge >= 0.3 is 5.97 Å². The Hall–Kier alpha value is -1.82. The number of anilines is 1. The molecule has 1 heterocycles. The average Bonchev–Trinajstić information content (AvgIpc) is 2.77. The second kappa shape index (κ2) is 4.81. The number of carboxylic acids is 1. The van der Waals surface area contributed by atoms with Crippen LogP contribution in [-0.4, -0.2) is 28.6 Å². The minimum absolute atomic E-state index is 0.102. The van der Waals surface area contributed by atoms with Gasteiger partial charge in [0.05, 0.1) is 15.6 Å². The highest BCUT2D eigenvalue weighted by Crippen LogP contribution is 2.34. The number of carbonyl (C=O) groups is 1. The third-order valence-corrected chi connectivity index (χ3v) is 3.29. The molecule has 0 radical (unpaired) electrons. The maximum absolute atomic E-state index is 11.1. The van der Waals surface area contributed by atoms with Crippen LogP contribution in [0.25, 0.3) is 0 Å². The number of rotatable bonds is 3. The zero-order valence-corrected chi connectivity index (χ0v) is 10.1. The maximum Gasteiger partial charge on any atom is 0.326 e. The molecule has 1 N–H and O–H groups in total. The zero-order chi connectivity index (χ0) is 13.3. The van der Waals surface area contributed by atoms with Crippen molar-refractivity contribution in [3.05, 3.63) is 33.3 Å². The summed E-state index contributed by atoms with van der Waals surface area (Å²) in [5.74, 6) is -0.901. The summed E-state index contributed by atoms with van der Waals surface area (Å²) < 4.78 is 0. The second-order valence-corrected chi connectivity index (χ2v) is 4.49. The van der Waals surface area contributed by atoms with Crippen molar-refractivity contribution in [2.45, 2.75) is 18.9 Å². The summed E-state index contributed by atoms with van der Waals surface area (Å²) in [7, 11) is 0. The van der Waals surface area contributed by atoms with E-state index in [4.69, 9.17) is 16.7 Å². The highest BCUT2D eigenvalue weighted by atomic mass is 35.5. The lowest BCUT2D eigenvalue weighted by atomic mass is 10.2. The summed E-state index contributed by atoms with van der Waals surface area (Å²) in [5, 5.41) is 19.9. The van der Waals surface area contributed by atoms with Crippen LogP contribution in [0.1, 0.15) is 12.8 Å². The first-order valence-corrected chi connectivity index (χ1v) is 5.82. The van der Waals surface area contributed by atoms with Crippen molar-refractivity contribution in [3.8, 4) is 0 Å². The molecule has 1 fully saturated rings. The Morgan fingerprint density at radius 1 is 1.56 bits per heavy atom. The van der Waals surface area contributed by atoms with Gasteiger partial charge in [0, 0.05) is 18.7 Å². The molecule has 1 aliphatic rings. The average molecular weight is 271 g/mol. The van der Waals surface area contributed by atoms with E-state index < -0.39 is 16.9 Å². The van der Waals surface area contributed by atoms with E-state index in [1.54, 1.807) is 4.90 Å². The first-order valence-electron chi connectivity index (χ1n) is 5.44. The van der Waals surface area contributed by atoms with Crippen molar-refractivity contribution in [2.75, 3.05) is 11.4 Å². The molecule has 0 amide bonds. The van der Waals surface area contributed by atoms with Crippen LogP contribution in [0.5, 0.6) is 0 Å². The van der Waals surface area contributed by atoms with Gasteiger partial charge in [-0.2, -0.15) is 0 Å². The van der Waals surface area contributed by atoms with Gasteiger partial charge in [-0.15, -0.1) is 0 Å². The molecule has 1 aromatic carbocycles. The van der Waals surface area contributed by atoms with Crippen molar-refractivity contribution < 1.29 is 14.8 Å². The van der Waals surface area contributed by atoms with Gasteiger partial charge in [-0.05, 0) is 18.9 Å². The smallest absolute Gasteiger partial charge is 0.326 e. The van der Waals surface area contributed by atoms with Gasteiger partial charge in [-0.3, -0.25) is 10.1 Å². The van der Waals surface area contributed by atoms with Crippen molar-refractivity contribution in [2.24, 2.45) is 0 Å². The number of hydrogen-bond acceptors (Lipinski definition) is 4. The number of carboxylic acid groups (broad SMARTS) is 1. The third-order valence-electron chi connectivity index (χ3n) is 2.99. The molecule has 2 rings (SSSR count). The molecule has 0 aliphatic carbocycles. The normalized spacial score (nSPS) is 18.9. The zero-order valence-electron chi connectivity index (χ0n) is 9.38. The number of nitro benzene ring substituents is 1. The Morgan fingerprint density at radius 2 is 2.28 bits per heavy atom. The van der Waals surface area contributed by atoms with E-state index in [-0.39, 0.29) is 10.7 Å². The first kappa shape index (κ1) is 12.6. The van der Waals surface area contributed by atoms with E-state index >= 15 is 0 Å². The number of benzene rings is 1. The Balaban J connectivity index is 2.33.